The summed E-state index contributed by atoms with van der Waals surface area (Å²) in [6.07, 6.45) is 1.20. The Morgan fingerprint density at radius 3 is 2.60 bits per heavy atom. The van der Waals surface area contributed by atoms with Crippen molar-refractivity contribution in [1.82, 2.24) is 9.88 Å². The lowest BCUT2D eigenvalue weighted by molar-refractivity contribution is 0.0625. The lowest BCUT2D eigenvalue weighted by atomic mass is 9.91. The number of pyridine rings is 1. The highest BCUT2D eigenvalue weighted by molar-refractivity contribution is 7.13. The summed E-state index contributed by atoms with van der Waals surface area (Å²) in [6.45, 7) is 6.15. The van der Waals surface area contributed by atoms with Gasteiger partial charge in [0, 0.05) is 18.5 Å². The third-order valence-corrected chi connectivity index (χ3v) is 5.77. The first-order valence-electron chi connectivity index (χ1n) is 8.84. The lowest BCUT2D eigenvalue weighted by Gasteiger charge is -2.35. The first kappa shape index (κ1) is 16.3. The van der Waals surface area contributed by atoms with Crippen molar-refractivity contribution in [2.24, 2.45) is 11.8 Å². The summed E-state index contributed by atoms with van der Waals surface area (Å²) in [6, 6.07) is 14.0. The number of fused-ring (bicyclic) bond motifs is 1. The van der Waals surface area contributed by atoms with Crippen molar-refractivity contribution in [2.45, 2.75) is 20.3 Å². The zero-order valence-electron chi connectivity index (χ0n) is 14.6. The van der Waals surface area contributed by atoms with Gasteiger partial charge in [-0.15, -0.1) is 11.3 Å². The maximum absolute atomic E-state index is 13.3. The van der Waals surface area contributed by atoms with Gasteiger partial charge in [0.25, 0.3) is 5.91 Å². The molecule has 1 aliphatic rings. The van der Waals surface area contributed by atoms with Crippen LogP contribution in [0.3, 0.4) is 0 Å². The number of piperidine rings is 1. The summed E-state index contributed by atoms with van der Waals surface area (Å²) in [4.78, 5) is 21.2. The van der Waals surface area contributed by atoms with Gasteiger partial charge >= 0.3 is 0 Å². The lowest BCUT2D eigenvalue weighted by Crippen LogP contribution is -2.42. The molecular weight excluding hydrogens is 328 g/mol. The van der Waals surface area contributed by atoms with Gasteiger partial charge < -0.3 is 4.90 Å². The van der Waals surface area contributed by atoms with E-state index in [1.165, 1.54) is 6.42 Å². The van der Waals surface area contributed by atoms with Gasteiger partial charge in [-0.2, -0.15) is 0 Å². The molecule has 3 aromatic rings. The Hall–Kier alpha value is -2.20. The molecule has 0 aliphatic carbocycles. The monoisotopic (exact) mass is 350 g/mol. The first-order valence-corrected chi connectivity index (χ1v) is 9.72. The third kappa shape index (κ3) is 3.19. The standard InChI is InChI=1S/C21H22N2OS/c1-14-10-15(2)13-23(12-14)21(24)17-11-19(20-8-5-9-25-20)22-18-7-4-3-6-16(17)18/h3-9,11,14-15H,10,12-13H2,1-2H3. The molecule has 0 N–H and O–H groups in total. The smallest absolute Gasteiger partial charge is 0.254 e. The van der Waals surface area contributed by atoms with Crippen LogP contribution in [0.15, 0.2) is 47.8 Å². The van der Waals surface area contributed by atoms with Gasteiger partial charge in [-0.1, -0.05) is 38.1 Å². The number of hydrogen-bond acceptors (Lipinski definition) is 3. The summed E-state index contributed by atoms with van der Waals surface area (Å²) >= 11 is 1.65. The number of benzene rings is 1. The minimum atomic E-state index is 0.134. The van der Waals surface area contributed by atoms with Crippen LogP contribution < -0.4 is 0 Å². The van der Waals surface area contributed by atoms with Gasteiger partial charge in [0.1, 0.15) is 0 Å². The van der Waals surface area contributed by atoms with Crippen LogP contribution in [0.5, 0.6) is 0 Å². The van der Waals surface area contributed by atoms with Crippen LogP contribution in [0.25, 0.3) is 21.5 Å². The fraction of sp³-hybridized carbons (Fsp3) is 0.333. The zero-order valence-corrected chi connectivity index (χ0v) is 15.4. The second kappa shape index (κ2) is 6.60. The molecule has 3 heterocycles. The molecule has 25 heavy (non-hydrogen) atoms. The van der Waals surface area contributed by atoms with Crippen molar-refractivity contribution >= 4 is 28.1 Å². The maximum atomic E-state index is 13.3. The fourth-order valence-corrected chi connectivity index (χ4v) is 4.59. The Morgan fingerprint density at radius 2 is 1.88 bits per heavy atom. The number of rotatable bonds is 2. The minimum absolute atomic E-state index is 0.134. The second-order valence-electron chi connectivity index (χ2n) is 7.21. The molecule has 1 aromatic carbocycles. The summed E-state index contributed by atoms with van der Waals surface area (Å²) in [5.41, 5.74) is 2.54. The molecule has 4 rings (SSSR count). The van der Waals surface area contributed by atoms with Crippen LogP contribution in [0.4, 0.5) is 0 Å². The molecule has 2 aromatic heterocycles. The Labute approximate surface area is 152 Å². The Kier molecular flexibility index (Phi) is 4.30. The quantitative estimate of drug-likeness (QED) is 0.645. The van der Waals surface area contributed by atoms with E-state index in [2.05, 4.69) is 19.9 Å². The van der Waals surface area contributed by atoms with E-state index in [9.17, 15) is 4.79 Å². The van der Waals surface area contributed by atoms with Crippen LogP contribution in [-0.2, 0) is 0 Å². The van der Waals surface area contributed by atoms with Crippen molar-refractivity contribution in [3.05, 3.63) is 53.4 Å². The molecule has 4 heteroatoms. The SMILES string of the molecule is CC1CC(C)CN(C(=O)c2cc(-c3cccs3)nc3ccccc23)C1. The minimum Gasteiger partial charge on any atom is -0.338 e. The molecule has 0 spiro atoms. The molecule has 2 unspecified atom stereocenters. The van der Waals surface area contributed by atoms with Crippen LogP contribution in [-0.4, -0.2) is 28.9 Å². The van der Waals surface area contributed by atoms with Crippen LogP contribution in [0, 0.1) is 11.8 Å². The van der Waals surface area contributed by atoms with E-state index < -0.39 is 0 Å². The van der Waals surface area contributed by atoms with Gasteiger partial charge in [0.2, 0.25) is 0 Å². The number of thiophene rings is 1. The van der Waals surface area contributed by atoms with Gasteiger partial charge in [-0.05, 0) is 41.8 Å². The first-order chi connectivity index (χ1) is 12.1. The third-order valence-electron chi connectivity index (χ3n) is 4.88. The molecule has 0 radical (unpaired) electrons. The number of carbonyl (C=O) groups excluding carboxylic acids is 1. The highest BCUT2D eigenvalue weighted by atomic mass is 32.1. The fourth-order valence-electron chi connectivity index (χ4n) is 3.90. The largest absolute Gasteiger partial charge is 0.338 e. The molecule has 0 bridgehead atoms. The van der Waals surface area contributed by atoms with Crippen molar-refractivity contribution in [2.75, 3.05) is 13.1 Å². The van der Waals surface area contributed by atoms with Crippen molar-refractivity contribution < 1.29 is 4.79 Å². The van der Waals surface area contributed by atoms with E-state index in [-0.39, 0.29) is 5.91 Å². The number of aromatic nitrogens is 1. The Bertz CT molecular complexity index is 893. The van der Waals surface area contributed by atoms with E-state index in [0.717, 1.165) is 40.1 Å². The van der Waals surface area contributed by atoms with Crippen molar-refractivity contribution in [3.8, 4) is 10.6 Å². The molecule has 1 fully saturated rings. The number of nitrogens with zero attached hydrogens (tertiary/aromatic N) is 2. The van der Waals surface area contributed by atoms with Gasteiger partial charge in [0.15, 0.2) is 0 Å². The van der Waals surface area contributed by atoms with E-state index in [1.807, 2.05) is 46.7 Å². The summed E-state index contributed by atoms with van der Waals surface area (Å²) < 4.78 is 0. The molecule has 3 nitrogen and oxygen atoms in total. The molecule has 1 saturated heterocycles. The predicted molar refractivity (Wildman–Crippen MR) is 104 cm³/mol. The average Bonchev–Trinajstić information content (AvgIpc) is 3.14. The summed E-state index contributed by atoms with van der Waals surface area (Å²) in [5, 5.41) is 2.99. The number of likely N-dealkylation sites (tertiary alicyclic amines) is 1. The van der Waals surface area contributed by atoms with E-state index >= 15 is 0 Å². The van der Waals surface area contributed by atoms with Crippen LogP contribution >= 0.6 is 11.3 Å². The second-order valence-corrected chi connectivity index (χ2v) is 8.15. The number of amides is 1. The summed E-state index contributed by atoms with van der Waals surface area (Å²) in [7, 11) is 0. The van der Waals surface area contributed by atoms with Crippen molar-refractivity contribution in [1.29, 1.82) is 0 Å². The van der Waals surface area contributed by atoms with Gasteiger partial charge in [-0.3, -0.25) is 4.79 Å². The van der Waals surface area contributed by atoms with Gasteiger partial charge in [0.05, 0.1) is 21.7 Å². The average molecular weight is 350 g/mol. The van der Waals surface area contributed by atoms with E-state index in [0.29, 0.717) is 11.8 Å². The molecule has 2 atom stereocenters. The van der Waals surface area contributed by atoms with Gasteiger partial charge in [-0.25, -0.2) is 4.98 Å². The normalized spacial score (nSPS) is 20.8. The Morgan fingerprint density at radius 1 is 1.12 bits per heavy atom. The molecular formula is C21H22N2OS. The van der Waals surface area contributed by atoms with E-state index in [1.54, 1.807) is 11.3 Å². The number of hydrogen-bond donors (Lipinski definition) is 0. The number of carbonyl (C=O) groups is 1. The maximum Gasteiger partial charge on any atom is 0.254 e. The van der Waals surface area contributed by atoms with Crippen molar-refractivity contribution in [3.63, 3.8) is 0 Å². The molecule has 0 saturated carbocycles. The highest BCUT2D eigenvalue weighted by Gasteiger charge is 2.27. The predicted octanol–water partition coefficient (Wildman–Crippen LogP) is 5.08. The van der Waals surface area contributed by atoms with E-state index in [4.69, 9.17) is 4.98 Å². The molecule has 128 valence electrons. The Balaban J connectivity index is 1.81. The van der Waals surface area contributed by atoms with Crippen LogP contribution in [0.2, 0.25) is 0 Å². The topological polar surface area (TPSA) is 33.2 Å². The number of para-hydroxylation sites is 1. The molecule has 1 aliphatic heterocycles. The molecule has 1 amide bonds. The highest BCUT2D eigenvalue weighted by Crippen LogP contribution is 2.30. The summed E-state index contributed by atoms with van der Waals surface area (Å²) in [5.74, 6) is 1.24. The van der Waals surface area contributed by atoms with Crippen LogP contribution in [0.1, 0.15) is 30.6 Å². The zero-order chi connectivity index (χ0) is 17.4.